The van der Waals surface area contributed by atoms with Crippen molar-refractivity contribution in [1.29, 1.82) is 5.26 Å². The molecule has 0 amide bonds. The van der Waals surface area contributed by atoms with Gasteiger partial charge in [-0.15, -0.1) is 0 Å². The zero-order valence-corrected chi connectivity index (χ0v) is 12.5. The fourth-order valence-corrected chi connectivity index (χ4v) is 2.28. The van der Waals surface area contributed by atoms with Crippen molar-refractivity contribution in [3.05, 3.63) is 45.8 Å². The summed E-state index contributed by atoms with van der Waals surface area (Å²) in [7, 11) is 0. The molecule has 0 unspecified atom stereocenters. The molecule has 1 heterocycles. The summed E-state index contributed by atoms with van der Waals surface area (Å²) in [6, 6.07) is 10.2. The van der Waals surface area contributed by atoms with E-state index in [-0.39, 0.29) is 0 Å². The Balaban J connectivity index is 2.47. The molecule has 1 aromatic carbocycles. The highest BCUT2D eigenvalue weighted by Crippen LogP contribution is 2.25. The highest BCUT2D eigenvalue weighted by molar-refractivity contribution is 9.10. The monoisotopic (exact) mass is 315 g/mol. The van der Waals surface area contributed by atoms with E-state index in [1.54, 1.807) is 0 Å². The van der Waals surface area contributed by atoms with Crippen molar-refractivity contribution in [3.8, 4) is 17.3 Å². The van der Waals surface area contributed by atoms with Gasteiger partial charge in [-0.3, -0.25) is 0 Å². The van der Waals surface area contributed by atoms with Gasteiger partial charge in [-0.25, -0.2) is 9.97 Å². The molecule has 96 valence electrons. The summed E-state index contributed by atoms with van der Waals surface area (Å²) >= 11 is 3.49. The molecule has 0 aliphatic rings. The van der Waals surface area contributed by atoms with Gasteiger partial charge in [0.2, 0.25) is 0 Å². The Hall–Kier alpha value is -1.73. The molecule has 3 nitrogen and oxygen atoms in total. The maximum atomic E-state index is 8.65. The van der Waals surface area contributed by atoms with Gasteiger partial charge in [0, 0.05) is 28.6 Å². The zero-order chi connectivity index (χ0) is 13.8. The van der Waals surface area contributed by atoms with Gasteiger partial charge in [-0.05, 0) is 37.6 Å². The molecule has 0 saturated heterocycles. The zero-order valence-electron chi connectivity index (χ0n) is 10.9. The third-order valence-corrected chi connectivity index (χ3v) is 3.33. The van der Waals surface area contributed by atoms with Gasteiger partial charge in [0.15, 0.2) is 0 Å². The lowest BCUT2D eigenvalue weighted by Gasteiger charge is -2.08. The van der Waals surface area contributed by atoms with E-state index in [2.05, 4.69) is 51.0 Å². The summed E-state index contributed by atoms with van der Waals surface area (Å²) in [5, 5.41) is 8.65. The van der Waals surface area contributed by atoms with E-state index in [0.29, 0.717) is 12.8 Å². The molecule has 0 N–H and O–H groups in total. The van der Waals surface area contributed by atoms with E-state index >= 15 is 0 Å². The number of nitriles is 1. The van der Waals surface area contributed by atoms with Gasteiger partial charge >= 0.3 is 0 Å². The molecule has 0 bridgehead atoms. The predicted molar refractivity (Wildman–Crippen MR) is 78.6 cm³/mol. The Morgan fingerprint density at radius 1 is 1.21 bits per heavy atom. The smallest absolute Gasteiger partial charge is 0.130 e. The van der Waals surface area contributed by atoms with E-state index in [4.69, 9.17) is 5.26 Å². The first-order valence-corrected chi connectivity index (χ1v) is 6.87. The second-order valence-corrected chi connectivity index (χ2v) is 5.34. The normalized spacial score (nSPS) is 10.2. The quantitative estimate of drug-likeness (QED) is 0.860. The van der Waals surface area contributed by atoms with Crippen LogP contribution in [0.1, 0.15) is 23.5 Å². The number of hydrogen-bond acceptors (Lipinski definition) is 3. The molecule has 2 aromatic rings. The van der Waals surface area contributed by atoms with Crippen LogP contribution in [-0.2, 0) is 6.42 Å². The third-order valence-electron chi connectivity index (χ3n) is 2.84. The van der Waals surface area contributed by atoms with Gasteiger partial charge in [0.1, 0.15) is 5.82 Å². The number of benzene rings is 1. The van der Waals surface area contributed by atoms with Crippen molar-refractivity contribution in [2.24, 2.45) is 0 Å². The van der Waals surface area contributed by atoms with Gasteiger partial charge < -0.3 is 0 Å². The second kappa shape index (κ2) is 5.94. The van der Waals surface area contributed by atoms with Crippen LogP contribution < -0.4 is 0 Å². The van der Waals surface area contributed by atoms with E-state index < -0.39 is 0 Å². The van der Waals surface area contributed by atoms with Gasteiger partial charge in [-0.2, -0.15) is 5.26 Å². The number of nitrogens with zero attached hydrogens (tertiary/aromatic N) is 3. The summed E-state index contributed by atoms with van der Waals surface area (Å²) in [6.07, 6.45) is 1.04. The second-order valence-electron chi connectivity index (χ2n) is 4.43. The number of aromatic nitrogens is 2. The summed E-state index contributed by atoms with van der Waals surface area (Å²) < 4.78 is 1.03. The van der Waals surface area contributed by atoms with Crippen LogP contribution >= 0.6 is 15.9 Å². The van der Waals surface area contributed by atoms with Crippen molar-refractivity contribution in [1.82, 2.24) is 9.97 Å². The fourth-order valence-electron chi connectivity index (χ4n) is 1.92. The maximum absolute atomic E-state index is 8.65. The Kier molecular flexibility index (Phi) is 4.28. The SMILES string of the molecule is Cc1cc(-c2cc(Br)ccc2C)nc(CCC#N)n1. The average molecular weight is 316 g/mol. The van der Waals surface area contributed by atoms with Crippen LogP contribution in [0.15, 0.2) is 28.7 Å². The lowest BCUT2D eigenvalue weighted by Crippen LogP contribution is -1.99. The molecule has 19 heavy (non-hydrogen) atoms. The Labute approximate surface area is 121 Å². The molecule has 2 rings (SSSR count). The minimum atomic E-state index is 0.445. The summed E-state index contributed by atoms with van der Waals surface area (Å²) in [5.74, 6) is 0.732. The first-order chi connectivity index (χ1) is 9.10. The molecule has 0 aliphatic heterocycles. The van der Waals surface area contributed by atoms with Crippen LogP contribution in [0.2, 0.25) is 0 Å². The Bertz CT molecular complexity index is 644. The third kappa shape index (κ3) is 3.39. The highest BCUT2D eigenvalue weighted by atomic mass is 79.9. The molecule has 0 spiro atoms. The van der Waals surface area contributed by atoms with Crippen LogP contribution in [0.25, 0.3) is 11.3 Å². The maximum Gasteiger partial charge on any atom is 0.130 e. The number of rotatable bonds is 3. The first-order valence-electron chi connectivity index (χ1n) is 6.08. The average Bonchev–Trinajstić information content (AvgIpc) is 2.38. The molecule has 0 atom stereocenters. The predicted octanol–water partition coefficient (Wildman–Crippen LogP) is 3.98. The summed E-state index contributed by atoms with van der Waals surface area (Å²) in [4.78, 5) is 8.94. The standard InChI is InChI=1S/C15H14BrN3/c1-10-5-6-12(16)9-13(10)14-8-11(2)18-15(19-14)4-3-7-17/h5-6,8-9H,3-4H2,1-2H3. The van der Waals surface area contributed by atoms with Crippen LogP contribution in [0.3, 0.4) is 0 Å². The van der Waals surface area contributed by atoms with Crippen molar-refractivity contribution in [2.75, 3.05) is 0 Å². The minimum absolute atomic E-state index is 0.445. The fraction of sp³-hybridized carbons (Fsp3) is 0.267. The first kappa shape index (κ1) is 13.7. The van der Waals surface area contributed by atoms with Crippen molar-refractivity contribution < 1.29 is 0 Å². The molecule has 1 aromatic heterocycles. The number of halogens is 1. The van der Waals surface area contributed by atoms with Gasteiger partial charge in [-0.1, -0.05) is 22.0 Å². The molecule has 0 fully saturated rings. The minimum Gasteiger partial charge on any atom is -0.238 e. The Morgan fingerprint density at radius 2 is 2.00 bits per heavy atom. The van der Waals surface area contributed by atoms with Crippen LogP contribution in [0.4, 0.5) is 0 Å². The molecular weight excluding hydrogens is 302 g/mol. The van der Waals surface area contributed by atoms with Crippen molar-refractivity contribution in [3.63, 3.8) is 0 Å². The lowest BCUT2D eigenvalue weighted by atomic mass is 10.1. The molecule has 0 aliphatic carbocycles. The van der Waals surface area contributed by atoms with E-state index in [1.165, 1.54) is 5.56 Å². The Morgan fingerprint density at radius 3 is 2.74 bits per heavy atom. The number of hydrogen-bond donors (Lipinski definition) is 0. The molecule has 4 heteroatoms. The van der Waals surface area contributed by atoms with Crippen molar-refractivity contribution in [2.45, 2.75) is 26.7 Å². The molecular formula is C15H14BrN3. The van der Waals surface area contributed by atoms with Crippen LogP contribution in [0.5, 0.6) is 0 Å². The molecule has 0 saturated carbocycles. The highest BCUT2D eigenvalue weighted by Gasteiger charge is 2.08. The number of aryl methyl sites for hydroxylation is 3. The van der Waals surface area contributed by atoms with E-state index in [9.17, 15) is 0 Å². The van der Waals surface area contributed by atoms with Gasteiger partial charge in [0.25, 0.3) is 0 Å². The van der Waals surface area contributed by atoms with Crippen LogP contribution in [0, 0.1) is 25.2 Å². The lowest BCUT2D eigenvalue weighted by molar-refractivity contribution is 0.872. The summed E-state index contributed by atoms with van der Waals surface area (Å²) in [5.41, 5.74) is 4.11. The van der Waals surface area contributed by atoms with E-state index in [1.807, 2.05) is 19.1 Å². The molecule has 0 radical (unpaired) electrons. The van der Waals surface area contributed by atoms with E-state index in [0.717, 1.165) is 27.2 Å². The largest absolute Gasteiger partial charge is 0.238 e. The van der Waals surface area contributed by atoms with Gasteiger partial charge in [0.05, 0.1) is 11.8 Å². The summed E-state index contributed by atoms with van der Waals surface area (Å²) in [6.45, 7) is 4.02. The van der Waals surface area contributed by atoms with Crippen LogP contribution in [-0.4, -0.2) is 9.97 Å². The topological polar surface area (TPSA) is 49.6 Å². The van der Waals surface area contributed by atoms with Crippen molar-refractivity contribution >= 4 is 15.9 Å².